The lowest BCUT2D eigenvalue weighted by Crippen LogP contribution is -2.58. The molecule has 0 radical (unpaired) electrons. The van der Waals surface area contributed by atoms with E-state index >= 15 is 0 Å². The van der Waals surface area contributed by atoms with Crippen molar-refractivity contribution in [3.63, 3.8) is 0 Å². The number of hydrogen-bond donors (Lipinski definition) is 2. The van der Waals surface area contributed by atoms with Crippen molar-refractivity contribution in [3.05, 3.63) is 0 Å². The number of rotatable bonds is 4. The minimum absolute atomic E-state index is 0.457. The van der Waals surface area contributed by atoms with Gasteiger partial charge in [0.15, 0.2) is 0 Å². The van der Waals surface area contributed by atoms with Crippen LogP contribution in [-0.2, 0) is 4.79 Å². The molecule has 1 heterocycles. The number of nitrogens with one attached hydrogen (secondary N) is 1. The van der Waals surface area contributed by atoms with E-state index in [-0.39, 0.29) is 0 Å². The highest BCUT2D eigenvalue weighted by molar-refractivity contribution is 5.79. The average Bonchev–Trinajstić information content (AvgIpc) is 3.15. The minimum atomic E-state index is -0.654. The van der Waals surface area contributed by atoms with Crippen LogP contribution in [-0.4, -0.2) is 46.7 Å². The zero-order valence-corrected chi connectivity index (χ0v) is 12.8. The van der Waals surface area contributed by atoms with Crippen molar-refractivity contribution in [3.8, 4) is 0 Å². The van der Waals surface area contributed by atoms with Gasteiger partial charge in [-0.15, -0.1) is 0 Å². The molecule has 0 amide bonds. The summed E-state index contributed by atoms with van der Waals surface area (Å²) in [4.78, 5) is 14.4. The smallest absolute Gasteiger partial charge is 0.323 e. The van der Waals surface area contributed by atoms with Crippen LogP contribution in [0.2, 0.25) is 0 Å². The summed E-state index contributed by atoms with van der Waals surface area (Å²) in [5, 5.41) is 13.2. The van der Waals surface area contributed by atoms with Crippen molar-refractivity contribution >= 4 is 5.97 Å². The summed E-state index contributed by atoms with van der Waals surface area (Å²) in [6, 6.07) is 0.916. The molecule has 3 fully saturated rings. The third-order valence-corrected chi connectivity index (χ3v) is 5.72. The summed E-state index contributed by atoms with van der Waals surface area (Å²) in [6.07, 6.45) is 6.10. The predicted octanol–water partition coefficient (Wildman–Crippen LogP) is 2.09. The van der Waals surface area contributed by atoms with Crippen LogP contribution in [0, 0.1) is 11.8 Å². The van der Waals surface area contributed by atoms with E-state index in [4.69, 9.17) is 0 Å². The van der Waals surface area contributed by atoms with Crippen LogP contribution in [0.4, 0.5) is 0 Å². The van der Waals surface area contributed by atoms with Crippen molar-refractivity contribution in [2.75, 3.05) is 13.1 Å². The molecule has 0 aromatic rings. The maximum atomic E-state index is 11.8. The van der Waals surface area contributed by atoms with Gasteiger partial charge in [-0.1, -0.05) is 13.8 Å². The number of hydrogen-bond acceptors (Lipinski definition) is 3. The first-order chi connectivity index (χ1) is 9.50. The second-order valence-corrected chi connectivity index (χ2v) is 7.46. The van der Waals surface area contributed by atoms with E-state index in [1.165, 1.54) is 6.42 Å². The molecular weight excluding hydrogens is 252 g/mol. The van der Waals surface area contributed by atoms with Crippen LogP contribution in [0.1, 0.15) is 52.4 Å². The third kappa shape index (κ3) is 2.73. The molecule has 2 N–H and O–H groups in total. The van der Waals surface area contributed by atoms with Gasteiger partial charge in [0.1, 0.15) is 5.54 Å². The molecule has 3 aliphatic rings. The lowest BCUT2D eigenvalue weighted by molar-refractivity contribution is -0.147. The highest BCUT2D eigenvalue weighted by Crippen LogP contribution is 2.37. The number of nitrogens with zero attached hydrogens (tertiary/aromatic N) is 1. The molecule has 2 saturated carbocycles. The van der Waals surface area contributed by atoms with E-state index in [1.807, 2.05) is 0 Å². The third-order valence-electron chi connectivity index (χ3n) is 5.72. The molecule has 4 atom stereocenters. The molecule has 1 saturated heterocycles. The summed E-state index contributed by atoms with van der Waals surface area (Å²) < 4.78 is 0. The number of likely N-dealkylation sites (tertiary alicyclic amines) is 1. The second-order valence-electron chi connectivity index (χ2n) is 7.46. The van der Waals surface area contributed by atoms with Crippen LogP contribution in [0.5, 0.6) is 0 Å². The van der Waals surface area contributed by atoms with Crippen LogP contribution in [0.3, 0.4) is 0 Å². The van der Waals surface area contributed by atoms with Crippen molar-refractivity contribution < 1.29 is 9.90 Å². The highest BCUT2D eigenvalue weighted by Gasteiger charge is 2.47. The van der Waals surface area contributed by atoms with E-state index in [2.05, 4.69) is 24.1 Å². The topological polar surface area (TPSA) is 52.6 Å². The van der Waals surface area contributed by atoms with Crippen molar-refractivity contribution in [1.29, 1.82) is 0 Å². The van der Waals surface area contributed by atoms with Gasteiger partial charge in [0.2, 0.25) is 0 Å². The van der Waals surface area contributed by atoms with Gasteiger partial charge in [-0.2, -0.15) is 0 Å². The first-order valence-electron chi connectivity index (χ1n) is 8.25. The zero-order valence-electron chi connectivity index (χ0n) is 12.8. The maximum Gasteiger partial charge on any atom is 0.323 e. The first-order valence-corrected chi connectivity index (χ1v) is 8.25. The molecule has 0 spiro atoms. The number of carboxylic acids is 1. The Hall–Kier alpha value is -0.610. The van der Waals surface area contributed by atoms with Crippen molar-refractivity contribution in [2.45, 2.75) is 70.0 Å². The highest BCUT2D eigenvalue weighted by atomic mass is 16.4. The molecule has 4 nitrogen and oxygen atoms in total. The Morgan fingerprint density at radius 3 is 2.40 bits per heavy atom. The van der Waals surface area contributed by atoms with Crippen molar-refractivity contribution in [2.24, 2.45) is 11.8 Å². The fourth-order valence-corrected chi connectivity index (χ4v) is 4.04. The van der Waals surface area contributed by atoms with Gasteiger partial charge in [-0.25, -0.2) is 0 Å². The zero-order chi connectivity index (χ0) is 14.3. The van der Waals surface area contributed by atoms with Gasteiger partial charge in [0.05, 0.1) is 0 Å². The Kier molecular flexibility index (Phi) is 3.80. The number of carboxylic acid groups (broad SMARTS) is 1. The largest absolute Gasteiger partial charge is 0.480 e. The standard InChI is InChI=1S/C16H28N2O2/c1-11-9-18(10-12(11)2)14-4-3-7-16(8-14,15(19)20)17-13-5-6-13/h11-14,17H,3-10H2,1-2H3,(H,19,20). The molecule has 20 heavy (non-hydrogen) atoms. The van der Waals surface area contributed by atoms with Gasteiger partial charge in [0, 0.05) is 25.2 Å². The molecule has 0 bridgehead atoms. The molecule has 0 aromatic heterocycles. The molecule has 1 aliphatic heterocycles. The molecule has 3 rings (SSSR count). The van der Waals surface area contributed by atoms with Crippen LogP contribution >= 0.6 is 0 Å². The van der Waals surface area contributed by atoms with E-state index in [0.717, 1.165) is 57.0 Å². The number of aliphatic carboxylic acids is 1. The molecule has 0 aromatic carbocycles. The molecule has 114 valence electrons. The molecule has 4 heteroatoms. The summed E-state index contributed by atoms with van der Waals surface area (Å²) in [5.74, 6) is 0.856. The average molecular weight is 280 g/mol. The summed E-state index contributed by atoms with van der Waals surface area (Å²) in [7, 11) is 0. The van der Waals surface area contributed by atoms with E-state index in [0.29, 0.717) is 12.1 Å². The fourth-order valence-electron chi connectivity index (χ4n) is 4.04. The Bertz CT molecular complexity index is 373. The summed E-state index contributed by atoms with van der Waals surface area (Å²) in [6.45, 7) is 6.93. The summed E-state index contributed by atoms with van der Waals surface area (Å²) in [5.41, 5.74) is -0.654. The normalized spacial score (nSPS) is 42.8. The van der Waals surface area contributed by atoms with Crippen LogP contribution < -0.4 is 5.32 Å². The van der Waals surface area contributed by atoms with Gasteiger partial charge < -0.3 is 5.11 Å². The van der Waals surface area contributed by atoms with E-state index < -0.39 is 11.5 Å². The molecule has 4 unspecified atom stereocenters. The van der Waals surface area contributed by atoms with Gasteiger partial charge in [-0.05, 0) is 50.4 Å². The first kappa shape index (κ1) is 14.3. The SMILES string of the molecule is CC1CN(C2CCCC(NC3CC3)(C(=O)O)C2)CC1C. The molecule has 2 aliphatic carbocycles. The van der Waals surface area contributed by atoms with Crippen LogP contribution in [0.25, 0.3) is 0 Å². The number of carbonyl (C=O) groups is 1. The van der Waals surface area contributed by atoms with Crippen LogP contribution in [0.15, 0.2) is 0 Å². The minimum Gasteiger partial charge on any atom is -0.480 e. The Morgan fingerprint density at radius 1 is 1.20 bits per heavy atom. The van der Waals surface area contributed by atoms with E-state index in [1.54, 1.807) is 0 Å². The van der Waals surface area contributed by atoms with E-state index in [9.17, 15) is 9.90 Å². The van der Waals surface area contributed by atoms with Gasteiger partial charge in [-0.3, -0.25) is 15.0 Å². The Morgan fingerprint density at radius 2 is 1.85 bits per heavy atom. The monoisotopic (exact) mass is 280 g/mol. The van der Waals surface area contributed by atoms with Gasteiger partial charge >= 0.3 is 5.97 Å². The predicted molar refractivity (Wildman–Crippen MR) is 78.7 cm³/mol. The fraction of sp³-hybridized carbons (Fsp3) is 0.938. The Labute approximate surface area is 121 Å². The lowest BCUT2D eigenvalue weighted by Gasteiger charge is -2.42. The lowest BCUT2D eigenvalue weighted by atomic mass is 9.78. The van der Waals surface area contributed by atoms with Gasteiger partial charge in [0.25, 0.3) is 0 Å². The molecular formula is C16H28N2O2. The Balaban J connectivity index is 1.69. The second kappa shape index (κ2) is 5.30. The van der Waals surface area contributed by atoms with Crippen molar-refractivity contribution in [1.82, 2.24) is 10.2 Å². The quantitative estimate of drug-likeness (QED) is 0.828. The maximum absolute atomic E-state index is 11.8. The summed E-state index contributed by atoms with van der Waals surface area (Å²) >= 11 is 0.